The summed E-state index contributed by atoms with van der Waals surface area (Å²) < 4.78 is 140. The van der Waals surface area contributed by atoms with Crippen molar-refractivity contribution in [2.24, 2.45) is 9.29 Å². The Morgan fingerprint density at radius 1 is 0.492 bits per heavy atom. The summed E-state index contributed by atoms with van der Waals surface area (Å²) in [6.07, 6.45) is 13.8. The fourth-order valence-electron chi connectivity index (χ4n) is 14.6. The van der Waals surface area contributed by atoms with Crippen LogP contribution in [0.3, 0.4) is 0 Å². The van der Waals surface area contributed by atoms with Crippen LogP contribution in [0.25, 0.3) is 11.1 Å². The van der Waals surface area contributed by atoms with Crippen LogP contribution < -0.4 is 28.7 Å². The molecular formula is C94H111B3Br2F6N13O11S. The number of nitrogen functional groups attached to an aromatic ring is 5. The molecule has 6 aromatic rings. The second-order valence-electron chi connectivity index (χ2n) is 33.6. The summed E-state index contributed by atoms with van der Waals surface area (Å²) in [4.78, 5) is 14.5. The fraction of sp³-hybridized carbons (Fsp3) is 0.457. The molecule has 8 aliphatic heterocycles. The number of allylic oxidation sites excluding steroid dienone is 2. The zero-order valence-electron chi connectivity index (χ0n) is 75.4. The molecule has 14 rings (SSSR count). The van der Waals surface area contributed by atoms with Gasteiger partial charge in [0.25, 0.3) is 0 Å². The minimum absolute atomic E-state index is 0.00467. The summed E-state index contributed by atoms with van der Waals surface area (Å²) in [5.74, 6) is -2.75. The van der Waals surface area contributed by atoms with Crippen LogP contribution in [0.15, 0.2) is 109 Å². The van der Waals surface area contributed by atoms with Gasteiger partial charge in [-0.05, 0) is 288 Å². The van der Waals surface area contributed by atoms with Gasteiger partial charge in [-0.25, -0.2) is 31.1 Å². The van der Waals surface area contributed by atoms with Crippen molar-refractivity contribution in [1.82, 2.24) is 0 Å². The number of rotatable bonds is 10. The average Bonchev–Trinajstić information content (AvgIpc) is 1.61. The third-order valence-corrected chi connectivity index (χ3v) is 24.8. The van der Waals surface area contributed by atoms with E-state index in [-0.39, 0.29) is 110 Å². The van der Waals surface area contributed by atoms with Crippen LogP contribution >= 0.6 is 44.7 Å². The number of hydrogen-bond donors (Lipinski definition) is 6. The first-order valence-electron chi connectivity index (χ1n) is 42.1. The zero-order valence-corrected chi connectivity index (χ0v) is 79.4. The Labute approximate surface area is 782 Å². The van der Waals surface area contributed by atoms with E-state index in [9.17, 15) is 31.1 Å². The van der Waals surface area contributed by atoms with Crippen LogP contribution in [0.5, 0.6) is 0 Å². The predicted octanol–water partition coefficient (Wildman–Crippen LogP) is 20.5. The molecule has 6 fully saturated rings. The van der Waals surface area contributed by atoms with Crippen LogP contribution in [0.4, 0.5) is 60.5 Å². The minimum atomic E-state index is -0.590. The van der Waals surface area contributed by atoms with Crippen molar-refractivity contribution >= 4 is 118 Å². The van der Waals surface area contributed by atoms with Gasteiger partial charge in [0.15, 0.2) is 5.82 Å². The molecule has 0 atom stereocenters. The first kappa shape index (κ1) is 109. The second-order valence-corrected chi connectivity index (χ2v) is 35.5. The van der Waals surface area contributed by atoms with E-state index in [1.807, 2.05) is 84.9 Å². The van der Waals surface area contributed by atoms with Gasteiger partial charge in [-0.3, -0.25) is 0 Å². The number of thiol groups is 1. The van der Waals surface area contributed by atoms with E-state index in [1.165, 1.54) is 41.9 Å². The molecule has 6 saturated heterocycles. The number of anilines is 5. The molecular weight excluding hydrogens is 1830 g/mol. The molecule has 0 aromatic heterocycles. The average molecular weight is 1940 g/mol. The molecule has 689 valence electrons. The predicted molar refractivity (Wildman–Crippen MR) is 503 cm³/mol. The van der Waals surface area contributed by atoms with Crippen molar-refractivity contribution in [1.29, 1.82) is 31.6 Å². The Balaban J connectivity index is 0.000000229. The van der Waals surface area contributed by atoms with E-state index in [1.54, 1.807) is 31.2 Å². The molecule has 0 bridgehead atoms. The maximum atomic E-state index is 14.4. The Bertz CT molecular complexity index is 5380. The fourth-order valence-corrected chi connectivity index (χ4v) is 15.4. The van der Waals surface area contributed by atoms with Gasteiger partial charge in [0, 0.05) is 96.8 Å². The van der Waals surface area contributed by atoms with Gasteiger partial charge in [-0.2, -0.15) is 36.6 Å². The summed E-state index contributed by atoms with van der Waals surface area (Å²) in [5, 5.41) is 53.0. The number of isocyanates is 1. The number of ether oxygens (including phenoxy) is 6. The normalized spacial score (nSPS) is 17.7. The maximum absolute atomic E-state index is 14.4. The van der Waals surface area contributed by atoms with Gasteiger partial charge in [-0.15, -0.1) is 6.58 Å². The van der Waals surface area contributed by atoms with Crippen molar-refractivity contribution in [3.05, 3.63) is 207 Å². The van der Waals surface area contributed by atoms with Gasteiger partial charge in [-0.1, -0.05) is 38.1 Å². The van der Waals surface area contributed by atoms with Crippen LogP contribution in [-0.2, 0) is 51.8 Å². The molecule has 0 unspecified atom stereocenters. The molecule has 1 radical (unpaired) electrons. The summed E-state index contributed by atoms with van der Waals surface area (Å²) in [6.45, 7) is 39.2. The van der Waals surface area contributed by atoms with Crippen LogP contribution in [0.1, 0.15) is 249 Å². The van der Waals surface area contributed by atoms with Gasteiger partial charge in [0.05, 0.1) is 98.1 Å². The summed E-state index contributed by atoms with van der Waals surface area (Å²) in [7, 11) is 3.91. The number of benzene rings is 6. The Hall–Kier alpha value is -9.92. The molecule has 24 nitrogen and oxygen atoms in total. The Kier molecular flexibility index (Phi) is 42.9. The molecule has 0 aliphatic carbocycles. The van der Waals surface area contributed by atoms with Crippen LogP contribution in [-0.4, -0.2) is 130 Å². The monoisotopic (exact) mass is 1930 g/mol. The van der Waals surface area contributed by atoms with Crippen molar-refractivity contribution in [3.8, 4) is 36.4 Å². The third-order valence-electron chi connectivity index (χ3n) is 23.4. The Morgan fingerprint density at radius 2 is 0.862 bits per heavy atom. The first-order valence-corrected chi connectivity index (χ1v) is 44.1. The van der Waals surface area contributed by atoms with Crippen LogP contribution in [0, 0.1) is 103 Å². The van der Waals surface area contributed by atoms with Crippen molar-refractivity contribution < 1.29 is 78.2 Å². The van der Waals surface area contributed by atoms with Crippen molar-refractivity contribution in [3.63, 3.8) is 0 Å². The van der Waals surface area contributed by atoms with E-state index in [4.69, 9.17) is 107 Å². The number of halogens is 8. The number of carbonyl (C=O) groups excluding carboxylic acids is 1. The standard InChI is InChI=1S/C16H17FN2O2.C15H17FN2O.C12H12BrFN2O.C12H13FN2O.C12H11FN2O.C11H19BO3.C9H17BO2.C7H4BrFN2.BHNS/c1-10(2)14-15(17)12(8-18)7-13(16(14)19-9-20)11-3-5-21-6-4-11;1-9(2)13-14(16)11(8-17)7-12(15(13)18)10-3-5-19-6-4-10;13-10-11(14)8(6-15)5-9(12(10)16)7-1-3-17-4-2-7;2*13-11-6-12(15)10(5-9(11)7-14)8-1-3-16-4-2-8;1-10(2)11(3,4)15-12(14-10)9-5-7-13-8-6-9;1-7(2)10-11-8(3,4)9(5,6)12-10;8-5-1-4(3-10)6(9)2-7(5)11;1-2-3/h7,10-11H,3-6H2,1-2H3;7,10H,1,3-6,18H2,2H3;5,7H,1-4,16H2;5-6,8H,1-4,15H2;1,5-6H,2-4,15H2;5H,6-8H2,1-4H3;1H2,2-6H3;1-2H,11H2;3H. The molecule has 130 heavy (non-hydrogen) atoms. The summed E-state index contributed by atoms with van der Waals surface area (Å²) in [5.41, 5.74) is 38.7. The number of aliphatic imine (C=N–C) groups is 1. The SMILES string of the molecule is C=C(C)B1OC(C)(C)C(C)(C)O1.C=C(C)c1c(N)c(C2CCOCC2)cc(C#N)c1F.CC(C)c1c(F)c(C#N)cc(C2CCOCC2)c1N=C=O.CC1(C)OB(C2=CCOCC2)OC1(C)C.N#Cc1cc(Br)c(N)cc1F.N#Cc1cc(C2=CCOCC2)c(N)cc1F.N#Cc1cc(C2CCOCC2)c(N)c(Br)c1F.N#Cc1cc(C2CCOCC2)c(N)cc1F.[B]=NS. The molecule has 8 aliphatic rings. The topological polar surface area (TPSA) is 407 Å². The van der Waals surface area contributed by atoms with Gasteiger partial charge < -0.3 is 75.7 Å². The van der Waals surface area contributed by atoms with E-state index in [0.717, 1.165) is 116 Å². The Morgan fingerprint density at radius 3 is 1.26 bits per heavy atom. The van der Waals surface area contributed by atoms with Crippen LogP contribution in [0.2, 0.25) is 0 Å². The molecule has 0 saturated carbocycles. The number of hydrogen-bond acceptors (Lipinski definition) is 25. The third kappa shape index (κ3) is 29.3. The quantitative estimate of drug-likeness (QED) is 0.0185. The van der Waals surface area contributed by atoms with Gasteiger partial charge in [0.1, 0.15) is 65.5 Å². The molecule has 36 heteroatoms. The van der Waals surface area contributed by atoms with Crippen molar-refractivity contribution in [2.75, 3.05) is 108 Å². The second kappa shape index (κ2) is 51.2. The molecule has 6 aromatic carbocycles. The van der Waals surface area contributed by atoms with Gasteiger partial charge in [0.2, 0.25) is 6.08 Å². The summed E-state index contributed by atoms with van der Waals surface area (Å²) in [6, 6.07) is 23.6. The van der Waals surface area contributed by atoms with E-state index in [2.05, 4.69) is 109 Å². The summed E-state index contributed by atoms with van der Waals surface area (Å²) >= 11 is 9.38. The van der Waals surface area contributed by atoms with E-state index >= 15 is 0 Å². The number of nitrogens with two attached hydrogens (primary N) is 5. The molecule has 8 heterocycles. The zero-order chi connectivity index (χ0) is 96.7. The number of nitriles is 6. The van der Waals surface area contributed by atoms with Gasteiger partial charge >= 0.3 is 39.0 Å². The first-order chi connectivity index (χ1) is 61.5. The molecule has 0 spiro atoms. The van der Waals surface area contributed by atoms with E-state index in [0.29, 0.717) is 122 Å². The molecule has 0 amide bonds. The molecule has 10 N–H and O–H groups in total. The van der Waals surface area contributed by atoms with Crippen molar-refractivity contribution in [2.45, 2.75) is 199 Å². The number of nitrogens with zero attached hydrogens (tertiary/aromatic N) is 8. The van der Waals surface area contributed by atoms with E-state index < -0.39 is 34.9 Å².